The zero-order valence-corrected chi connectivity index (χ0v) is 10.7. The number of hydrogen-bond donors (Lipinski definition) is 1. The first kappa shape index (κ1) is 13.2. The number of benzene rings is 1. The first-order chi connectivity index (χ1) is 9.04. The van der Waals surface area contributed by atoms with Gasteiger partial charge in [0.15, 0.2) is 6.61 Å². The van der Waals surface area contributed by atoms with E-state index in [4.69, 9.17) is 4.74 Å². The second-order valence-corrected chi connectivity index (χ2v) is 4.21. The molecule has 6 heteroatoms. The summed E-state index contributed by atoms with van der Waals surface area (Å²) in [6.45, 7) is 1.49. The second-order valence-electron chi connectivity index (χ2n) is 4.21. The van der Waals surface area contributed by atoms with Crippen LogP contribution in [-0.4, -0.2) is 31.3 Å². The van der Waals surface area contributed by atoms with Crippen molar-refractivity contribution in [3.63, 3.8) is 0 Å². The van der Waals surface area contributed by atoms with E-state index in [1.807, 2.05) is 6.07 Å². The van der Waals surface area contributed by atoms with Crippen LogP contribution in [0.15, 0.2) is 18.2 Å². The van der Waals surface area contributed by atoms with Gasteiger partial charge in [-0.2, -0.15) is 0 Å². The number of amides is 2. The van der Waals surface area contributed by atoms with Crippen LogP contribution in [0.2, 0.25) is 0 Å². The van der Waals surface area contributed by atoms with E-state index in [9.17, 15) is 14.4 Å². The summed E-state index contributed by atoms with van der Waals surface area (Å²) in [6, 6.07) is 5.19. The number of nitrogens with zero attached hydrogens (tertiary/aromatic N) is 1. The van der Waals surface area contributed by atoms with E-state index in [2.05, 4.69) is 5.32 Å². The highest BCUT2D eigenvalue weighted by Gasteiger charge is 2.32. The van der Waals surface area contributed by atoms with Gasteiger partial charge in [0.1, 0.15) is 5.75 Å². The van der Waals surface area contributed by atoms with Crippen LogP contribution in [0.1, 0.15) is 12.5 Å². The van der Waals surface area contributed by atoms with Gasteiger partial charge in [-0.15, -0.1) is 0 Å². The van der Waals surface area contributed by atoms with Crippen LogP contribution < -0.4 is 15.0 Å². The zero-order chi connectivity index (χ0) is 14.0. The molecule has 1 aliphatic rings. The molecule has 0 atom stereocenters. The van der Waals surface area contributed by atoms with Gasteiger partial charge in [0.05, 0.1) is 5.69 Å². The first-order valence-corrected chi connectivity index (χ1v) is 5.82. The van der Waals surface area contributed by atoms with Gasteiger partial charge in [0.2, 0.25) is 5.78 Å². The number of nitrogens with one attached hydrogen (secondary N) is 1. The molecule has 0 aromatic heterocycles. The van der Waals surface area contributed by atoms with Crippen molar-refractivity contribution in [2.75, 3.05) is 18.6 Å². The van der Waals surface area contributed by atoms with E-state index in [1.54, 1.807) is 19.2 Å². The molecule has 1 aromatic rings. The highest BCUT2D eigenvalue weighted by molar-refractivity contribution is 6.45. The van der Waals surface area contributed by atoms with Crippen molar-refractivity contribution < 1.29 is 19.1 Å². The Balaban J connectivity index is 2.46. The molecule has 1 N–H and O–H groups in total. The van der Waals surface area contributed by atoms with E-state index in [0.29, 0.717) is 18.0 Å². The number of carbonyl (C=O) groups excluding carboxylic acids is 3. The van der Waals surface area contributed by atoms with Gasteiger partial charge in [-0.05, 0) is 24.7 Å². The maximum absolute atomic E-state index is 11.8. The summed E-state index contributed by atoms with van der Waals surface area (Å²) in [7, 11) is 1.79. The Morgan fingerprint density at radius 3 is 2.79 bits per heavy atom. The summed E-state index contributed by atoms with van der Waals surface area (Å²) in [5.74, 6) is -1.63. The van der Waals surface area contributed by atoms with Crippen molar-refractivity contribution in [2.24, 2.45) is 0 Å². The fourth-order valence-corrected chi connectivity index (χ4v) is 1.89. The molecule has 0 radical (unpaired) electrons. The lowest BCUT2D eigenvalue weighted by molar-refractivity contribution is -0.138. The number of carbonyl (C=O) groups is 3. The molecule has 2 rings (SSSR count). The third-order valence-electron chi connectivity index (χ3n) is 2.75. The molecule has 1 aromatic carbocycles. The fourth-order valence-electron chi connectivity index (χ4n) is 1.89. The third kappa shape index (κ3) is 2.48. The Morgan fingerprint density at radius 2 is 2.16 bits per heavy atom. The lowest BCUT2D eigenvalue weighted by atomic mass is 10.1. The van der Waals surface area contributed by atoms with Crippen molar-refractivity contribution in [3.05, 3.63) is 23.8 Å². The Bertz CT molecular complexity index is 554. The molecule has 0 saturated heterocycles. The quantitative estimate of drug-likeness (QED) is 0.790. The number of Topliss-reactive ketones (excluding diaryl/α,β-unsaturated/α-hetero) is 1. The monoisotopic (exact) mass is 262 g/mol. The summed E-state index contributed by atoms with van der Waals surface area (Å²) in [4.78, 5) is 35.7. The van der Waals surface area contributed by atoms with E-state index >= 15 is 0 Å². The largest absolute Gasteiger partial charge is 0.482 e. The SMILES string of the molecule is CNCc1ccc2c(c1)N(C(=O)C(C)=O)C(=O)CO2. The molecule has 2 amide bonds. The fraction of sp³-hybridized carbons (Fsp3) is 0.308. The molecule has 100 valence electrons. The summed E-state index contributed by atoms with van der Waals surface area (Å²) in [5.41, 5.74) is 1.21. The van der Waals surface area contributed by atoms with Crippen LogP contribution in [0.3, 0.4) is 0 Å². The summed E-state index contributed by atoms with van der Waals surface area (Å²) in [5, 5.41) is 2.97. The lowest BCUT2D eigenvalue weighted by Crippen LogP contribution is -2.45. The summed E-state index contributed by atoms with van der Waals surface area (Å²) < 4.78 is 5.25. The molecular weight excluding hydrogens is 248 g/mol. The third-order valence-corrected chi connectivity index (χ3v) is 2.75. The number of hydrogen-bond acceptors (Lipinski definition) is 5. The van der Waals surface area contributed by atoms with Crippen LogP contribution in [0.5, 0.6) is 5.75 Å². The van der Waals surface area contributed by atoms with Crippen LogP contribution in [-0.2, 0) is 20.9 Å². The number of ether oxygens (including phenoxy) is 1. The Kier molecular flexibility index (Phi) is 3.62. The predicted octanol–water partition coefficient (Wildman–Crippen LogP) is 0.247. The van der Waals surface area contributed by atoms with Crippen molar-refractivity contribution in [3.8, 4) is 5.75 Å². The van der Waals surface area contributed by atoms with E-state index in [0.717, 1.165) is 17.4 Å². The van der Waals surface area contributed by atoms with Gasteiger partial charge >= 0.3 is 5.91 Å². The summed E-state index contributed by atoms with van der Waals surface area (Å²) >= 11 is 0. The minimum absolute atomic E-state index is 0.239. The van der Waals surface area contributed by atoms with Gasteiger partial charge in [-0.3, -0.25) is 14.4 Å². The molecule has 6 nitrogen and oxygen atoms in total. The topological polar surface area (TPSA) is 75.7 Å². The van der Waals surface area contributed by atoms with Crippen molar-refractivity contribution >= 4 is 23.3 Å². The van der Waals surface area contributed by atoms with Crippen LogP contribution in [0.25, 0.3) is 0 Å². The van der Waals surface area contributed by atoms with Gasteiger partial charge in [0.25, 0.3) is 5.91 Å². The highest BCUT2D eigenvalue weighted by Crippen LogP contribution is 2.33. The molecule has 19 heavy (non-hydrogen) atoms. The van der Waals surface area contributed by atoms with Crippen molar-refractivity contribution in [2.45, 2.75) is 13.5 Å². The van der Waals surface area contributed by atoms with Gasteiger partial charge in [0, 0.05) is 13.5 Å². The first-order valence-electron chi connectivity index (χ1n) is 5.82. The molecule has 0 bridgehead atoms. The van der Waals surface area contributed by atoms with Crippen LogP contribution in [0.4, 0.5) is 5.69 Å². The maximum Gasteiger partial charge on any atom is 0.301 e. The molecule has 0 saturated carbocycles. The predicted molar refractivity (Wildman–Crippen MR) is 67.9 cm³/mol. The summed E-state index contributed by atoms with van der Waals surface area (Å²) in [6.07, 6.45) is 0. The van der Waals surface area contributed by atoms with E-state index in [-0.39, 0.29) is 6.61 Å². The molecule has 1 aliphatic heterocycles. The Labute approximate surface area is 110 Å². The minimum Gasteiger partial charge on any atom is -0.482 e. The molecule has 0 spiro atoms. The second kappa shape index (κ2) is 5.19. The number of rotatable bonds is 3. The van der Waals surface area contributed by atoms with Crippen LogP contribution in [0, 0.1) is 0 Å². The van der Waals surface area contributed by atoms with Crippen molar-refractivity contribution in [1.82, 2.24) is 5.32 Å². The zero-order valence-electron chi connectivity index (χ0n) is 10.7. The maximum atomic E-state index is 11.8. The Morgan fingerprint density at radius 1 is 1.42 bits per heavy atom. The molecular formula is C13H14N2O4. The highest BCUT2D eigenvalue weighted by atomic mass is 16.5. The molecule has 0 fully saturated rings. The van der Waals surface area contributed by atoms with Crippen molar-refractivity contribution in [1.29, 1.82) is 0 Å². The average Bonchev–Trinajstić information content (AvgIpc) is 2.38. The number of anilines is 1. The molecule has 0 aliphatic carbocycles. The lowest BCUT2D eigenvalue weighted by Gasteiger charge is -2.27. The van der Waals surface area contributed by atoms with E-state index < -0.39 is 17.6 Å². The van der Waals surface area contributed by atoms with Gasteiger partial charge < -0.3 is 10.1 Å². The van der Waals surface area contributed by atoms with Crippen LogP contribution >= 0.6 is 0 Å². The van der Waals surface area contributed by atoms with Gasteiger partial charge in [-0.1, -0.05) is 6.07 Å². The standard InChI is InChI=1S/C13H14N2O4/c1-8(16)13(18)15-10-5-9(6-14-2)3-4-11(10)19-7-12(15)17/h3-5,14H,6-7H2,1-2H3. The number of fused-ring (bicyclic) bond motifs is 1. The average molecular weight is 262 g/mol. The molecule has 1 heterocycles. The normalized spacial score (nSPS) is 13.8. The van der Waals surface area contributed by atoms with Gasteiger partial charge in [-0.25, -0.2) is 4.90 Å². The molecule has 0 unspecified atom stereocenters. The number of imide groups is 1. The Hall–Kier alpha value is -2.21. The minimum atomic E-state index is -0.837. The number of ketones is 1. The van der Waals surface area contributed by atoms with E-state index in [1.165, 1.54) is 0 Å². The smallest absolute Gasteiger partial charge is 0.301 e.